The molecular weight excluding hydrogens is 304 g/mol. The summed E-state index contributed by atoms with van der Waals surface area (Å²) >= 11 is 0. The van der Waals surface area contributed by atoms with Gasteiger partial charge in [0, 0.05) is 31.4 Å². The van der Waals surface area contributed by atoms with Crippen LogP contribution in [0.1, 0.15) is 34.8 Å². The van der Waals surface area contributed by atoms with Gasteiger partial charge < -0.3 is 10.6 Å². The largest absolute Gasteiger partial charge is 0.365 e. The van der Waals surface area contributed by atoms with E-state index in [1.54, 1.807) is 10.7 Å². The van der Waals surface area contributed by atoms with Gasteiger partial charge in [0.05, 0.1) is 11.9 Å². The predicted octanol–water partition coefficient (Wildman–Crippen LogP) is 1.61. The molecule has 0 aromatic carbocycles. The van der Waals surface area contributed by atoms with Gasteiger partial charge in [-0.2, -0.15) is 5.10 Å². The SMILES string of the molecule is NC(=O)c1cnn2c([C@@H]3CCCN(c4ccccn4)C3)ccnc12. The van der Waals surface area contributed by atoms with Gasteiger partial charge in [-0.3, -0.25) is 4.79 Å². The number of hydrogen-bond acceptors (Lipinski definition) is 5. The van der Waals surface area contributed by atoms with Crippen LogP contribution >= 0.6 is 0 Å². The van der Waals surface area contributed by atoms with Crippen LogP contribution in [0.3, 0.4) is 0 Å². The van der Waals surface area contributed by atoms with Gasteiger partial charge in [0.25, 0.3) is 5.91 Å². The van der Waals surface area contributed by atoms with E-state index in [1.165, 1.54) is 6.20 Å². The second-order valence-corrected chi connectivity index (χ2v) is 6.00. The first-order valence-electron chi connectivity index (χ1n) is 8.02. The predicted molar refractivity (Wildman–Crippen MR) is 89.9 cm³/mol. The molecule has 7 nitrogen and oxygen atoms in total. The summed E-state index contributed by atoms with van der Waals surface area (Å²) < 4.78 is 1.74. The van der Waals surface area contributed by atoms with E-state index in [0.29, 0.717) is 17.1 Å². The lowest BCUT2D eigenvalue weighted by Gasteiger charge is -2.33. The van der Waals surface area contributed by atoms with Crippen LogP contribution in [0.25, 0.3) is 5.65 Å². The molecule has 7 heteroatoms. The summed E-state index contributed by atoms with van der Waals surface area (Å²) in [5, 5.41) is 4.33. The minimum absolute atomic E-state index is 0.298. The molecule has 0 bridgehead atoms. The quantitative estimate of drug-likeness (QED) is 0.791. The lowest BCUT2D eigenvalue weighted by Crippen LogP contribution is -2.35. The summed E-state index contributed by atoms with van der Waals surface area (Å²) in [6, 6.07) is 7.93. The molecule has 1 atom stereocenters. The van der Waals surface area contributed by atoms with Gasteiger partial charge >= 0.3 is 0 Å². The van der Waals surface area contributed by atoms with Crippen LogP contribution in [0.4, 0.5) is 5.82 Å². The molecule has 24 heavy (non-hydrogen) atoms. The smallest absolute Gasteiger partial charge is 0.254 e. The van der Waals surface area contributed by atoms with Crippen molar-refractivity contribution in [2.45, 2.75) is 18.8 Å². The molecular formula is C17H18N6O. The van der Waals surface area contributed by atoms with E-state index < -0.39 is 5.91 Å². The lowest BCUT2D eigenvalue weighted by atomic mass is 9.94. The Labute approximate surface area is 139 Å². The third-order valence-corrected chi connectivity index (χ3v) is 4.51. The van der Waals surface area contributed by atoms with E-state index in [1.807, 2.05) is 30.5 Å². The van der Waals surface area contributed by atoms with Crippen LogP contribution in [0.5, 0.6) is 0 Å². The zero-order chi connectivity index (χ0) is 16.5. The fraction of sp³-hybridized carbons (Fsp3) is 0.294. The van der Waals surface area contributed by atoms with E-state index in [0.717, 1.165) is 37.4 Å². The third-order valence-electron chi connectivity index (χ3n) is 4.51. The second-order valence-electron chi connectivity index (χ2n) is 6.00. The number of carbonyl (C=O) groups excluding carboxylic acids is 1. The summed E-state index contributed by atoms with van der Waals surface area (Å²) in [6.07, 6.45) is 7.17. The Balaban J connectivity index is 1.68. The highest BCUT2D eigenvalue weighted by Gasteiger charge is 2.25. The van der Waals surface area contributed by atoms with Crippen molar-refractivity contribution in [1.29, 1.82) is 0 Å². The molecule has 1 saturated heterocycles. The van der Waals surface area contributed by atoms with E-state index in [-0.39, 0.29) is 0 Å². The van der Waals surface area contributed by atoms with Crippen LogP contribution in [0.2, 0.25) is 0 Å². The van der Waals surface area contributed by atoms with Gasteiger partial charge in [-0.15, -0.1) is 0 Å². The molecule has 0 spiro atoms. The molecule has 0 aliphatic carbocycles. The summed E-state index contributed by atoms with van der Waals surface area (Å²) in [4.78, 5) is 22.5. The summed E-state index contributed by atoms with van der Waals surface area (Å²) in [5.41, 5.74) is 7.33. The summed E-state index contributed by atoms with van der Waals surface area (Å²) in [7, 11) is 0. The molecule has 4 heterocycles. The highest BCUT2D eigenvalue weighted by Crippen LogP contribution is 2.29. The maximum absolute atomic E-state index is 11.5. The fourth-order valence-electron chi connectivity index (χ4n) is 3.36. The average molecular weight is 322 g/mol. The summed E-state index contributed by atoms with van der Waals surface area (Å²) in [5.74, 6) is 0.783. The van der Waals surface area contributed by atoms with Crippen LogP contribution < -0.4 is 10.6 Å². The topological polar surface area (TPSA) is 89.4 Å². The minimum Gasteiger partial charge on any atom is -0.365 e. The molecule has 2 N–H and O–H groups in total. The van der Waals surface area contributed by atoms with Gasteiger partial charge in [0.2, 0.25) is 0 Å². The number of fused-ring (bicyclic) bond motifs is 1. The number of nitrogens with zero attached hydrogens (tertiary/aromatic N) is 5. The van der Waals surface area contributed by atoms with Gasteiger partial charge in [-0.05, 0) is 31.0 Å². The molecule has 1 fully saturated rings. The Morgan fingerprint density at radius 2 is 2.12 bits per heavy atom. The maximum Gasteiger partial charge on any atom is 0.254 e. The first-order chi connectivity index (χ1) is 11.7. The number of primary amides is 1. The number of piperidine rings is 1. The van der Waals surface area contributed by atoms with E-state index in [4.69, 9.17) is 5.73 Å². The van der Waals surface area contributed by atoms with Crippen molar-refractivity contribution in [3.8, 4) is 0 Å². The zero-order valence-corrected chi connectivity index (χ0v) is 13.2. The molecule has 0 radical (unpaired) electrons. The molecule has 3 aromatic rings. The second kappa shape index (κ2) is 5.92. The van der Waals surface area contributed by atoms with Crippen molar-refractivity contribution in [1.82, 2.24) is 19.6 Å². The van der Waals surface area contributed by atoms with Gasteiger partial charge in [-0.1, -0.05) is 6.07 Å². The summed E-state index contributed by atoms with van der Waals surface area (Å²) in [6.45, 7) is 1.86. The van der Waals surface area contributed by atoms with Crippen molar-refractivity contribution < 1.29 is 4.79 Å². The Hall–Kier alpha value is -2.96. The fourth-order valence-corrected chi connectivity index (χ4v) is 3.36. The van der Waals surface area contributed by atoms with Crippen molar-refractivity contribution in [3.05, 3.63) is 54.1 Å². The Morgan fingerprint density at radius 1 is 1.21 bits per heavy atom. The molecule has 1 aliphatic rings. The average Bonchev–Trinajstić information content (AvgIpc) is 3.07. The highest BCUT2D eigenvalue weighted by molar-refractivity contribution is 5.98. The zero-order valence-electron chi connectivity index (χ0n) is 13.2. The van der Waals surface area contributed by atoms with Crippen LogP contribution in [0, 0.1) is 0 Å². The van der Waals surface area contributed by atoms with Gasteiger partial charge in [0.1, 0.15) is 11.4 Å². The van der Waals surface area contributed by atoms with Crippen molar-refractivity contribution >= 4 is 17.4 Å². The minimum atomic E-state index is -0.506. The standard InChI is InChI=1S/C17H18N6O/c18-16(24)13-10-21-23-14(6-8-20-17(13)23)12-4-3-9-22(11-12)15-5-1-2-7-19-15/h1-2,5-8,10,12H,3-4,9,11H2,(H2,18,24)/t12-/m1/s1. The van der Waals surface area contributed by atoms with E-state index in [2.05, 4.69) is 20.0 Å². The van der Waals surface area contributed by atoms with E-state index in [9.17, 15) is 4.79 Å². The highest BCUT2D eigenvalue weighted by atomic mass is 16.1. The number of carbonyl (C=O) groups is 1. The number of amides is 1. The first-order valence-corrected chi connectivity index (χ1v) is 8.02. The number of nitrogens with two attached hydrogens (primary N) is 1. The molecule has 1 amide bonds. The van der Waals surface area contributed by atoms with Crippen molar-refractivity contribution in [3.63, 3.8) is 0 Å². The molecule has 0 unspecified atom stereocenters. The number of pyridine rings is 1. The molecule has 4 rings (SSSR count). The number of anilines is 1. The van der Waals surface area contributed by atoms with Crippen LogP contribution in [-0.4, -0.2) is 38.6 Å². The van der Waals surface area contributed by atoms with Crippen LogP contribution in [-0.2, 0) is 0 Å². The molecule has 0 saturated carbocycles. The van der Waals surface area contributed by atoms with Gasteiger partial charge in [0.15, 0.2) is 5.65 Å². The van der Waals surface area contributed by atoms with E-state index >= 15 is 0 Å². The molecule has 1 aliphatic heterocycles. The van der Waals surface area contributed by atoms with Gasteiger partial charge in [-0.25, -0.2) is 14.5 Å². The molecule has 122 valence electrons. The molecule has 3 aromatic heterocycles. The Bertz CT molecular complexity index is 875. The van der Waals surface area contributed by atoms with Crippen LogP contribution in [0.15, 0.2) is 42.9 Å². The monoisotopic (exact) mass is 322 g/mol. The normalized spacial score (nSPS) is 18.0. The number of hydrogen-bond donors (Lipinski definition) is 1. The Morgan fingerprint density at radius 3 is 2.92 bits per heavy atom. The Kier molecular flexibility index (Phi) is 3.60. The van der Waals surface area contributed by atoms with Crippen molar-refractivity contribution in [2.24, 2.45) is 5.73 Å². The lowest BCUT2D eigenvalue weighted by molar-refractivity contribution is 0.100. The number of aromatic nitrogens is 4. The first kappa shape index (κ1) is 14.6. The number of rotatable bonds is 3. The van der Waals surface area contributed by atoms with Crippen molar-refractivity contribution in [2.75, 3.05) is 18.0 Å². The maximum atomic E-state index is 11.5. The third kappa shape index (κ3) is 2.47.